The van der Waals surface area contributed by atoms with Gasteiger partial charge in [0.2, 0.25) is 5.91 Å². The van der Waals surface area contributed by atoms with E-state index in [-0.39, 0.29) is 28.9 Å². The molecule has 1 aromatic heterocycles. The number of sulfone groups is 1. The van der Waals surface area contributed by atoms with E-state index >= 15 is 0 Å². The van der Waals surface area contributed by atoms with Crippen LogP contribution in [-0.4, -0.2) is 46.3 Å². The molecule has 0 aliphatic carbocycles. The van der Waals surface area contributed by atoms with Crippen molar-refractivity contribution in [3.63, 3.8) is 0 Å². The molecule has 0 spiro atoms. The summed E-state index contributed by atoms with van der Waals surface area (Å²) in [4.78, 5) is 12.1. The SMILES string of the molecule is Cn1c(CC2CCS(=O)(=O)C2)nnc1SCC(=O)Nc1cccc(C(F)(F)F)c1. The molecule has 2 heterocycles. The number of hydrogen-bond donors (Lipinski definition) is 1. The lowest BCUT2D eigenvalue weighted by molar-refractivity contribution is -0.137. The summed E-state index contributed by atoms with van der Waals surface area (Å²) in [5, 5.41) is 11.0. The second-order valence-corrected chi connectivity index (χ2v) is 10.0. The van der Waals surface area contributed by atoms with Gasteiger partial charge in [-0.25, -0.2) is 8.42 Å². The molecule has 3 rings (SSSR count). The minimum absolute atomic E-state index is 0.00459. The van der Waals surface area contributed by atoms with Crippen molar-refractivity contribution in [2.75, 3.05) is 22.6 Å². The zero-order valence-corrected chi connectivity index (χ0v) is 17.1. The number of thioether (sulfide) groups is 1. The van der Waals surface area contributed by atoms with Gasteiger partial charge in [0.05, 0.1) is 22.8 Å². The van der Waals surface area contributed by atoms with Crippen LogP contribution in [0.5, 0.6) is 0 Å². The number of aromatic nitrogens is 3. The van der Waals surface area contributed by atoms with Crippen molar-refractivity contribution in [3.05, 3.63) is 35.7 Å². The van der Waals surface area contributed by atoms with Crippen LogP contribution in [0.3, 0.4) is 0 Å². The van der Waals surface area contributed by atoms with Crippen molar-refractivity contribution >= 4 is 33.2 Å². The summed E-state index contributed by atoms with van der Waals surface area (Å²) >= 11 is 1.10. The van der Waals surface area contributed by atoms with Crippen LogP contribution in [0.2, 0.25) is 0 Å². The van der Waals surface area contributed by atoms with E-state index < -0.39 is 27.5 Å². The van der Waals surface area contributed by atoms with Crippen LogP contribution in [0.15, 0.2) is 29.4 Å². The van der Waals surface area contributed by atoms with Crippen molar-refractivity contribution in [2.45, 2.75) is 24.2 Å². The lowest BCUT2D eigenvalue weighted by atomic mass is 10.1. The maximum Gasteiger partial charge on any atom is 0.416 e. The van der Waals surface area contributed by atoms with Gasteiger partial charge in [0.1, 0.15) is 5.82 Å². The molecule has 158 valence electrons. The zero-order chi connectivity index (χ0) is 21.2. The van der Waals surface area contributed by atoms with Gasteiger partial charge in [-0.1, -0.05) is 17.8 Å². The van der Waals surface area contributed by atoms with Crippen molar-refractivity contribution in [3.8, 4) is 0 Å². The Morgan fingerprint density at radius 3 is 2.76 bits per heavy atom. The fourth-order valence-corrected chi connectivity index (χ4v) is 5.63. The molecule has 12 heteroatoms. The molecule has 1 saturated heterocycles. The Morgan fingerprint density at radius 1 is 1.34 bits per heavy atom. The zero-order valence-electron chi connectivity index (χ0n) is 15.4. The molecule has 29 heavy (non-hydrogen) atoms. The van der Waals surface area contributed by atoms with Gasteiger partial charge >= 0.3 is 6.18 Å². The van der Waals surface area contributed by atoms with E-state index in [9.17, 15) is 26.4 Å². The van der Waals surface area contributed by atoms with E-state index in [2.05, 4.69) is 15.5 Å². The Labute approximate surface area is 170 Å². The van der Waals surface area contributed by atoms with Gasteiger partial charge in [-0.15, -0.1) is 10.2 Å². The number of amides is 1. The molecule has 0 saturated carbocycles. The molecule has 1 aromatic carbocycles. The number of halogens is 3. The smallest absolute Gasteiger partial charge is 0.325 e. The Morgan fingerprint density at radius 2 is 2.10 bits per heavy atom. The Bertz CT molecular complexity index is 1010. The number of hydrogen-bond acceptors (Lipinski definition) is 6. The fourth-order valence-electron chi connectivity index (χ4n) is 3.04. The van der Waals surface area contributed by atoms with Gasteiger partial charge in [0, 0.05) is 19.2 Å². The number of rotatable bonds is 6. The van der Waals surface area contributed by atoms with Crippen LogP contribution in [0, 0.1) is 5.92 Å². The molecule has 1 fully saturated rings. The molecule has 0 bridgehead atoms. The average Bonchev–Trinajstić information content (AvgIpc) is 3.15. The number of carbonyl (C=O) groups is 1. The van der Waals surface area contributed by atoms with E-state index in [0.29, 0.717) is 23.8 Å². The third-order valence-electron chi connectivity index (χ3n) is 4.53. The second kappa shape index (κ2) is 8.34. The highest BCUT2D eigenvalue weighted by Gasteiger charge is 2.31. The molecule has 1 atom stereocenters. The first-order valence-corrected chi connectivity index (χ1v) is 11.5. The predicted molar refractivity (Wildman–Crippen MR) is 102 cm³/mol. The number of nitrogens with zero attached hydrogens (tertiary/aromatic N) is 3. The van der Waals surface area contributed by atoms with E-state index in [1.807, 2.05) is 0 Å². The first-order valence-electron chi connectivity index (χ1n) is 8.72. The standard InChI is InChI=1S/C17H19F3N4O3S2/c1-24-14(7-11-5-6-29(26,27)10-11)22-23-16(24)28-9-15(25)21-13-4-2-3-12(8-13)17(18,19)20/h2-4,8,11H,5-7,9-10H2,1H3,(H,21,25). The first kappa shape index (κ1) is 21.6. The van der Waals surface area contributed by atoms with E-state index in [1.54, 1.807) is 11.6 Å². The van der Waals surface area contributed by atoms with Crippen LogP contribution in [0.1, 0.15) is 17.8 Å². The highest BCUT2D eigenvalue weighted by molar-refractivity contribution is 7.99. The minimum Gasteiger partial charge on any atom is -0.325 e. The largest absolute Gasteiger partial charge is 0.416 e. The molecule has 2 aromatic rings. The average molecular weight is 448 g/mol. The molecule has 1 aliphatic heterocycles. The molecule has 1 amide bonds. The van der Waals surface area contributed by atoms with Gasteiger partial charge in [-0.2, -0.15) is 13.2 Å². The number of benzene rings is 1. The molecule has 1 aliphatic rings. The highest BCUT2D eigenvalue weighted by atomic mass is 32.2. The first-order chi connectivity index (χ1) is 13.5. The maximum absolute atomic E-state index is 12.7. The van der Waals surface area contributed by atoms with Crippen LogP contribution in [0.25, 0.3) is 0 Å². The fraction of sp³-hybridized carbons (Fsp3) is 0.471. The Hall–Kier alpha value is -2.08. The number of anilines is 1. The van der Waals surface area contributed by atoms with Gasteiger partial charge in [0.25, 0.3) is 0 Å². The molecule has 1 unspecified atom stereocenters. The Kier molecular flexibility index (Phi) is 6.22. The number of nitrogens with one attached hydrogen (secondary N) is 1. The summed E-state index contributed by atoms with van der Waals surface area (Å²) < 4.78 is 63.1. The summed E-state index contributed by atoms with van der Waals surface area (Å²) in [6.45, 7) is 0. The van der Waals surface area contributed by atoms with Crippen LogP contribution >= 0.6 is 11.8 Å². The third kappa shape index (κ3) is 5.72. The van der Waals surface area contributed by atoms with Crippen LogP contribution in [0.4, 0.5) is 18.9 Å². The van der Waals surface area contributed by atoms with E-state index in [0.717, 1.165) is 23.9 Å². The monoisotopic (exact) mass is 448 g/mol. The summed E-state index contributed by atoms with van der Waals surface area (Å²) in [7, 11) is -1.24. The molecule has 0 radical (unpaired) electrons. The highest BCUT2D eigenvalue weighted by Crippen LogP contribution is 2.30. The second-order valence-electron chi connectivity index (χ2n) is 6.85. The molecule has 1 N–H and O–H groups in total. The summed E-state index contributed by atoms with van der Waals surface area (Å²) in [5.41, 5.74) is -0.777. The van der Waals surface area contributed by atoms with Crippen LogP contribution < -0.4 is 5.32 Å². The van der Waals surface area contributed by atoms with Gasteiger partial charge in [-0.05, 0) is 30.5 Å². The van der Waals surface area contributed by atoms with Gasteiger partial charge < -0.3 is 9.88 Å². The summed E-state index contributed by atoms with van der Waals surface area (Å²) in [6, 6.07) is 4.41. The topological polar surface area (TPSA) is 93.9 Å². The summed E-state index contributed by atoms with van der Waals surface area (Å²) in [5.74, 6) is 0.438. The number of alkyl halides is 3. The predicted octanol–water partition coefficient (Wildman–Crippen LogP) is 2.54. The van der Waals surface area contributed by atoms with Gasteiger partial charge in [0.15, 0.2) is 15.0 Å². The molecular weight excluding hydrogens is 429 g/mol. The maximum atomic E-state index is 12.7. The van der Waals surface area contributed by atoms with Crippen molar-refractivity contribution in [1.29, 1.82) is 0 Å². The lowest BCUT2D eigenvalue weighted by Crippen LogP contribution is -2.15. The van der Waals surface area contributed by atoms with E-state index in [1.165, 1.54) is 12.1 Å². The summed E-state index contributed by atoms with van der Waals surface area (Å²) in [6.07, 6.45) is -3.40. The van der Waals surface area contributed by atoms with Crippen LogP contribution in [-0.2, 0) is 34.3 Å². The Balaban J connectivity index is 1.55. The molecule has 7 nitrogen and oxygen atoms in total. The minimum atomic E-state index is -4.48. The van der Waals surface area contributed by atoms with Gasteiger partial charge in [-0.3, -0.25) is 4.79 Å². The normalized spacial score (nSPS) is 18.7. The van der Waals surface area contributed by atoms with Crippen molar-refractivity contribution < 1.29 is 26.4 Å². The number of carbonyl (C=O) groups excluding carboxylic acids is 1. The van der Waals surface area contributed by atoms with Crippen molar-refractivity contribution in [1.82, 2.24) is 14.8 Å². The quantitative estimate of drug-likeness (QED) is 0.683. The van der Waals surface area contributed by atoms with Crippen molar-refractivity contribution in [2.24, 2.45) is 13.0 Å². The lowest BCUT2D eigenvalue weighted by Gasteiger charge is -2.10. The molecular formula is C17H19F3N4O3S2. The van der Waals surface area contributed by atoms with E-state index in [4.69, 9.17) is 0 Å². The third-order valence-corrected chi connectivity index (χ3v) is 7.39.